The van der Waals surface area contributed by atoms with Gasteiger partial charge in [0, 0.05) is 18.0 Å². The van der Waals surface area contributed by atoms with E-state index in [1.807, 2.05) is 0 Å². The molecule has 1 aromatic carbocycles. The van der Waals surface area contributed by atoms with Gasteiger partial charge in [-0.05, 0) is 36.6 Å². The van der Waals surface area contributed by atoms with E-state index in [9.17, 15) is 14.4 Å². The van der Waals surface area contributed by atoms with Crippen molar-refractivity contribution in [3.05, 3.63) is 29.3 Å². The molecule has 22 heavy (non-hydrogen) atoms. The number of hydrogen-bond donors (Lipinski definition) is 0. The quantitative estimate of drug-likeness (QED) is 0.619. The molecule has 4 rings (SSSR count). The van der Waals surface area contributed by atoms with Crippen molar-refractivity contribution in [2.24, 2.45) is 0 Å². The highest BCUT2D eigenvalue weighted by molar-refractivity contribution is 6.08. The van der Waals surface area contributed by atoms with E-state index in [1.165, 1.54) is 0 Å². The monoisotopic (exact) mass is 300 g/mol. The summed E-state index contributed by atoms with van der Waals surface area (Å²) in [4.78, 5) is 39.2. The molecule has 2 aliphatic heterocycles. The highest BCUT2D eigenvalue weighted by Crippen LogP contribution is 2.30. The summed E-state index contributed by atoms with van der Waals surface area (Å²) >= 11 is 0. The van der Waals surface area contributed by atoms with Crippen LogP contribution >= 0.6 is 0 Å². The minimum absolute atomic E-state index is 0.106. The SMILES string of the molecule is O=C(CN1C(=O)CN(C2CC2)C1=O)c1ccc2c(c1)CCO2. The zero-order valence-corrected chi connectivity index (χ0v) is 12.1. The van der Waals surface area contributed by atoms with Crippen molar-refractivity contribution in [2.75, 3.05) is 19.7 Å². The molecule has 6 heteroatoms. The normalized spacial score (nSPS) is 20.4. The van der Waals surface area contributed by atoms with Gasteiger partial charge in [-0.25, -0.2) is 4.79 Å². The summed E-state index contributed by atoms with van der Waals surface area (Å²) in [7, 11) is 0. The summed E-state index contributed by atoms with van der Waals surface area (Å²) in [6.07, 6.45) is 2.69. The number of benzene rings is 1. The van der Waals surface area contributed by atoms with Crippen molar-refractivity contribution in [3.8, 4) is 5.75 Å². The first-order chi connectivity index (χ1) is 10.6. The molecule has 2 heterocycles. The van der Waals surface area contributed by atoms with Crippen LogP contribution in [0.5, 0.6) is 5.75 Å². The maximum Gasteiger partial charge on any atom is 0.327 e. The van der Waals surface area contributed by atoms with Crippen LogP contribution in [-0.2, 0) is 11.2 Å². The van der Waals surface area contributed by atoms with Gasteiger partial charge in [0.05, 0.1) is 13.2 Å². The van der Waals surface area contributed by atoms with Crippen molar-refractivity contribution < 1.29 is 19.1 Å². The van der Waals surface area contributed by atoms with E-state index in [0.29, 0.717) is 12.2 Å². The smallest absolute Gasteiger partial charge is 0.327 e. The van der Waals surface area contributed by atoms with Gasteiger partial charge in [-0.1, -0.05) is 0 Å². The second-order valence-corrected chi connectivity index (χ2v) is 5.97. The largest absolute Gasteiger partial charge is 0.493 e. The van der Waals surface area contributed by atoms with Gasteiger partial charge in [0.25, 0.3) is 5.91 Å². The Balaban J connectivity index is 1.49. The Bertz CT molecular complexity index is 681. The lowest BCUT2D eigenvalue weighted by Crippen LogP contribution is -2.37. The van der Waals surface area contributed by atoms with Crippen molar-refractivity contribution in [1.82, 2.24) is 9.80 Å². The molecule has 3 amide bonds. The summed E-state index contributed by atoms with van der Waals surface area (Å²) in [6, 6.07) is 5.13. The zero-order chi connectivity index (χ0) is 15.3. The van der Waals surface area contributed by atoms with Crippen LogP contribution in [-0.4, -0.2) is 53.3 Å². The molecule has 2 fully saturated rings. The summed E-state index contributed by atoms with van der Waals surface area (Å²) in [5.41, 5.74) is 1.53. The van der Waals surface area contributed by atoms with Crippen LogP contribution in [0, 0.1) is 0 Å². The van der Waals surface area contributed by atoms with Crippen molar-refractivity contribution in [3.63, 3.8) is 0 Å². The van der Waals surface area contributed by atoms with E-state index < -0.39 is 0 Å². The molecule has 1 saturated carbocycles. The Hall–Kier alpha value is -2.37. The number of carbonyl (C=O) groups excluding carboxylic acids is 3. The third-order valence-corrected chi connectivity index (χ3v) is 4.38. The van der Waals surface area contributed by atoms with Crippen LogP contribution in [0.2, 0.25) is 0 Å². The van der Waals surface area contributed by atoms with Crippen molar-refractivity contribution in [2.45, 2.75) is 25.3 Å². The molecular weight excluding hydrogens is 284 g/mol. The molecule has 1 aromatic rings. The fourth-order valence-electron chi connectivity index (χ4n) is 2.98. The van der Waals surface area contributed by atoms with Gasteiger partial charge in [0.1, 0.15) is 12.3 Å². The van der Waals surface area contributed by atoms with Gasteiger partial charge in [0.15, 0.2) is 5.78 Å². The number of ketones is 1. The molecule has 0 radical (unpaired) electrons. The number of Topliss-reactive ketones (excluding diaryl/α,β-unsaturated/α-hetero) is 1. The number of urea groups is 1. The maximum atomic E-state index is 12.4. The van der Waals surface area contributed by atoms with E-state index in [4.69, 9.17) is 4.74 Å². The number of amides is 3. The molecule has 6 nitrogen and oxygen atoms in total. The molecule has 0 aromatic heterocycles. The molecule has 3 aliphatic rings. The minimum atomic E-state index is -0.328. The van der Waals surface area contributed by atoms with E-state index in [0.717, 1.165) is 35.5 Å². The first-order valence-corrected chi connectivity index (χ1v) is 7.53. The third-order valence-electron chi connectivity index (χ3n) is 4.38. The number of nitrogens with zero attached hydrogens (tertiary/aromatic N) is 2. The van der Waals surface area contributed by atoms with Crippen LogP contribution in [0.1, 0.15) is 28.8 Å². The Morgan fingerprint density at radius 2 is 2.09 bits per heavy atom. The van der Waals surface area contributed by atoms with Crippen LogP contribution in [0.3, 0.4) is 0 Å². The zero-order valence-electron chi connectivity index (χ0n) is 12.1. The Labute approximate surface area is 127 Å². The number of imide groups is 1. The average molecular weight is 300 g/mol. The summed E-state index contributed by atoms with van der Waals surface area (Å²) < 4.78 is 5.41. The summed E-state index contributed by atoms with van der Waals surface area (Å²) in [6.45, 7) is 0.557. The van der Waals surface area contributed by atoms with Crippen LogP contribution in [0.15, 0.2) is 18.2 Å². The second-order valence-electron chi connectivity index (χ2n) is 5.97. The van der Waals surface area contributed by atoms with E-state index in [1.54, 1.807) is 23.1 Å². The fourth-order valence-corrected chi connectivity index (χ4v) is 2.98. The molecule has 0 N–H and O–H groups in total. The standard InChI is InChI=1S/C16H16N2O4/c19-13(10-1-4-14-11(7-10)5-6-22-14)8-18-15(20)9-17(16(18)21)12-2-3-12/h1,4,7,12H,2-3,5-6,8-9H2. The number of carbonyl (C=O) groups is 3. The third kappa shape index (κ3) is 2.15. The number of fused-ring (bicyclic) bond motifs is 1. The summed E-state index contributed by atoms with van der Waals surface area (Å²) in [5, 5.41) is 0. The van der Waals surface area contributed by atoms with Gasteiger partial charge in [-0.15, -0.1) is 0 Å². The number of rotatable bonds is 4. The van der Waals surface area contributed by atoms with E-state index in [2.05, 4.69) is 0 Å². The lowest BCUT2D eigenvalue weighted by Gasteiger charge is -2.16. The predicted octanol–water partition coefficient (Wildman–Crippen LogP) is 1.23. The van der Waals surface area contributed by atoms with Gasteiger partial charge in [-0.3, -0.25) is 14.5 Å². The van der Waals surface area contributed by atoms with Crippen LogP contribution < -0.4 is 4.74 Å². The second kappa shape index (κ2) is 4.83. The van der Waals surface area contributed by atoms with Crippen LogP contribution in [0.25, 0.3) is 0 Å². The average Bonchev–Trinajstić information content (AvgIpc) is 3.18. The Kier molecular flexibility index (Phi) is 2.92. The van der Waals surface area contributed by atoms with E-state index >= 15 is 0 Å². The molecule has 0 atom stereocenters. The molecule has 114 valence electrons. The first kappa shape index (κ1) is 13.3. The van der Waals surface area contributed by atoms with Gasteiger partial charge >= 0.3 is 6.03 Å². The number of ether oxygens (including phenoxy) is 1. The lowest BCUT2D eigenvalue weighted by atomic mass is 10.1. The first-order valence-electron chi connectivity index (χ1n) is 7.53. The van der Waals surface area contributed by atoms with Crippen molar-refractivity contribution >= 4 is 17.7 Å². The van der Waals surface area contributed by atoms with Gasteiger partial charge in [0.2, 0.25) is 0 Å². The topological polar surface area (TPSA) is 66.9 Å². The number of hydrogen-bond acceptors (Lipinski definition) is 4. The maximum absolute atomic E-state index is 12.4. The summed E-state index contributed by atoms with van der Waals surface area (Å²) in [5.74, 6) is 0.313. The highest BCUT2D eigenvalue weighted by atomic mass is 16.5. The van der Waals surface area contributed by atoms with Crippen LogP contribution in [0.4, 0.5) is 4.79 Å². The minimum Gasteiger partial charge on any atom is -0.493 e. The Morgan fingerprint density at radius 3 is 2.86 bits per heavy atom. The molecule has 0 spiro atoms. The molecule has 1 aliphatic carbocycles. The van der Waals surface area contributed by atoms with Gasteiger partial charge < -0.3 is 9.64 Å². The predicted molar refractivity (Wildman–Crippen MR) is 76.8 cm³/mol. The lowest BCUT2D eigenvalue weighted by molar-refractivity contribution is -0.125. The van der Waals surface area contributed by atoms with Crippen molar-refractivity contribution in [1.29, 1.82) is 0 Å². The molecule has 0 bridgehead atoms. The Morgan fingerprint density at radius 1 is 1.27 bits per heavy atom. The fraction of sp³-hybridized carbons (Fsp3) is 0.438. The van der Waals surface area contributed by atoms with E-state index in [-0.39, 0.29) is 36.9 Å². The molecule has 1 saturated heterocycles. The highest BCUT2D eigenvalue weighted by Gasteiger charge is 2.44. The van der Waals surface area contributed by atoms with Gasteiger partial charge in [-0.2, -0.15) is 0 Å². The molecular formula is C16H16N2O4. The molecule has 0 unspecified atom stereocenters.